The van der Waals surface area contributed by atoms with Crippen LogP contribution in [0.25, 0.3) is 0 Å². The van der Waals surface area contributed by atoms with E-state index in [1.54, 1.807) is 12.2 Å². The number of ether oxygens (including phenoxy) is 4. The number of nitrogens with one attached hydrogen (secondary N) is 1. The van der Waals surface area contributed by atoms with Crippen LogP contribution in [0.15, 0.2) is 134 Å². The molecule has 2 aliphatic heterocycles. The van der Waals surface area contributed by atoms with Crippen LogP contribution < -0.4 is 5.32 Å². The number of carbonyl (C=O) groups excluding carboxylic acids is 1. The van der Waals surface area contributed by atoms with E-state index in [2.05, 4.69) is 134 Å². The van der Waals surface area contributed by atoms with Crippen LogP contribution in [0.2, 0.25) is 0 Å². The van der Waals surface area contributed by atoms with E-state index in [9.17, 15) is 45.6 Å². The van der Waals surface area contributed by atoms with E-state index in [0.29, 0.717) is 12.8 Å². The summed E-state index contributed by atoms with van der Waals surface area (Å²) < 4.78 is 22.5. The maximum atomic E-state index is 13.0. The van der Waals surface area contributed by atoms with Gasteiger partial charge in [-0.2, -0.15) is 0 Å². The summed E-state index contributed by atoms with van der Waals surface area (Å²) >= 11 is 0. The van der Waals surface area contributed by atoms with Crippen molar-refractivity contribution >= 4 is 5.91 Å². The summed E-state index contributed by atoms with van der Waals surface area (Å²) in [6, 6.07) is -0.921. The van der Waals surface area contributed by atoms with Crippen LogP contribution in [0.4, 0.5) is 0 Å². The van der Waals surface area contributed by atoms with Crippen molar-refractivity contribution in [2.75, 3.05) is 19.8 Å². The van der Waals surface area contributed by atoms with Crippen LogP contribution in [-0.4, -0.2) is 140 Å². The zero-order valence-electron chi connectivity index (χ0n) is 47.3. The summed E-state index contributed by atoms with van der Waals surface area (Å²) in [7, 11) is 0. The predicted octanol–water partition coefficient (Wildman–Crippen LogP) is 9.99. The van der Waals surface area contributed by atoms with E-state index < -0.39 is 86.8 Å². The van der Waals surface area contributed by atoms with Crippen LogP contribution >= 0.6 is 0 Å². The first-order chi connectivity index (χ1) is 38.1. The first-order valence-electron chi connectivity index (χ1n) is 29.4. The highest BCUT2D eigenvalue weighted by molar-refractivity contribution is 5.76. The number of allylic oxidation sites excluding steroid dienone is 21. The largest absolute Gasteiger partial charge is 0.394 e. The van der Waals surface area contributed by atoms with Gasteiger partial charge in [-0.25, -0.2) is 0 Å². The lowest BCUT2D eigenvalue weighted by molar-refractivity contribution is -0.359. The number of aliphatic hydroxyl groups excluding tert-OH is 8. The van der Waals surface area contributed by atoms with Gasteiger partial charge in [0.1, 0.15) is 48.8 Å². The molecule has 78 heavy (non-hydrogen) atoms. The molecule has 442 valence electrons. The van der Waals surface area contributed by atoms with Gasteiger partial charge in [0.25, 0.3) is 0 Å². The van der Waals surface area contributed by atoms with Crippen molar-refractivity contribution in [3.63, 3.8) is 0 Å². The second-order valence-electron chi connectivity index (χ2n) is 20.0. The maximum absolute atomic E-state index is 13.0. The van der Waals surface area contributed by atoms with Gasteiger partial charge in [0.15, 0.2) is 12.6 Å². The summed E-state index contributed by atoms with van der Waals surface area (Å²) in [6.07, 6.45) is 54.9. The topological polar surface area (TPSA) is 228 Å². The molecule has 2 heterocycles. The Hall–Kier alpha value is -3.87. The summed E-state index contributed by atoms with van der Waals surface area (Å²) in [6.45, 7) is 2.41. The van der Waals surface area contributed by atoms with Gasteiger partial charge >= 0.3 is 0 Å². The molecule has 2 fully saturated rings. The minimum atomic E-state index is -1.79. The third-order valence-corrected chi connectivity index (χ3v) is 13.3. The fourth-order valence-electron chi connectivity index (χ4n) is 8.62. The van der Waals surface area contributed by atoms with Crippen molar-refractivity contribution in [2.45, 2.75) is 242 Å². The average molecular weight is 1090 g/mol. The zero-order chi connectivity index (χ0) is 56.7. The molecule has 12 unspecified atom stereocenters. The molecular formula is C64H103NO13. The third-order valence-electron chi connectivity index (χ3n) is 13.3. The standard InChI is InChI=1S/C64H103NO13/c1-3-5-7-8-9-10-11-12-13-14-15-16-17-18-19-20-21-22-23-24-25-26-27-28-29-30-31-32-33-34-35-36-37-38-39-40-41-42-43-44-46-48-56(69)65-52(53(68)47-45-6-4-2)51-75-63-61(74)59(72)62(55(50-67)77-63)78-64-60(73)58(71)57(70)54(49-66)76-64/h5,7,9-10,12-13,15-16,18-19,21-22,24-25,27-28,30-31,33-34,45,47,52-55,57-64,66-68,70-74H,3-4,6,8,11,14,17,20,23,26,29,32,35-44,46,48-51H2,1-2H3,(H,65,69)/b7-5-,10-9-,13-12-,16-15-,19-18-,22-21-,25-24-,28-27-,31-30-,34-33-,47-45+. The highest BCUT2D eigenvalue weighted by Gasteiger charge is 2.51. The molecule has 0 aromatic heterocycles. The van der Waals surface area contributed by atoms with E-state index in [4.69, 9.17) is 18.9 Å². The molecule has 2 saturated heterocycles. The summed E-state index contributed by atoms with van der Waals surface area (Å²) in [5, 5.41) is 86.0. The summed E-state index contributed by atoms with van der Waals surface area (Å²) in [5.41, 5.74) is 0. The maximum Gasteiger partial charge on any atom is 0.220 e. The molecule has 12 atom stereocenters. The lowest BCUT2D eigenvalue weighted by atomic mass is 9.97. The number of carbonyl (C=O) groups is 1. The van der Waals surface area contributed by atoms with Crippen molar-refractivity contribution in [3.8, 4) is 0 Å². The smallest absolute Gasteiger partial charge is 0.220 e. The Morgan fingerprint density at radius 1 is 0.474 bits per heavy atom. The molecule has 0 aliphatic carbocycles. The molecule has 0 bridgehead atoms. The molecule has 2 rings (SSSR count). The minimum Gasteiger partial charge on any atom is -0.394 e. The van der Waals surface area contributed by atoms with Gasteiger partial charge in [0, 0.05) is 6.42 Å². The van der Waals surface area contributed by atoms with Crippen molar-refractivity contribution < 1.29 is 64.6 Å². The van der Waals surface area contributed by atoms with Crippen LogP contribution in [0.5, 0.6) is 0 Å². The van der Waals surface area contributed by atoms with E-state index in [1.807, 2.05) is 6.92 Å². The van der Waals surface area contributed by atoms with Gasteiger partial charge in [-0.05, 0) is 89.9 Å². The Bertz CT molecular complexity index is 1820. The number of aliphatic hydroxyl groups is 8. The van der Waals surface area contributed by atoms with Crippen molar-refractivity contribution in [2.24, 2.45) is 0 Å². The van der Waals surface area contributed by atoms with Gasteiger partial charge in [0.2, 0.25) is 5.91 Å². The van der Waals surface area contributed by atoms with Crippen LogP contribution in [-0.2, 0) is 23.7 Å². The predicted molar refractivity (Wildman–Crippen MR) is 313 cm³/mol. The van der Waals surface area contributed by atoms with E-state index in [1.165, 1.54) is 38.5 Å². The van der Waals surface area contributed by atoms with Crippen molar-refractivity contribution in [1.82, 2.24) is 5.32 Å². The molecule has 0 aromatic carbocycles. The third kappa shape index (κ3) is 33.0. The molecule has 9 N–H and O–H groups in total. The van der Waals surface area contributed by atoms with E-state index in [-0.39, 0.29) is 18.9 Å². The number of hydrogen-bond acceptors (Lipinski definition) is 13. The number of unbranched alkanes of at least 4 members (excludes halogenated alkanes) is 11. The normalized spacial score (nSPS) is 25.6. The van der Waals surface area contributed by atoms with Crippen LogP contribution in [0.3, 0.4) is 0 Å². The van der Waals surface area contributed by atoms with Gasteiger partial charge in [-0.15, -0.1) is 0 Å². The quantitative estimate of drug-likeness (QED) is 0.0205. The fourth-order valence-corrected chi connectivity index (χ4v) is 8.62. The molecule has 14 nitrogen and oxygen atoms in total. The number of hydrogen-bond donors (Lipinski definition) is 9. The zero-order valence-corrected chi connectivity index (χ0v) is 47.3. The highest BCUT2D eigenvalue weighted by Crippen LogP contribution is 2.30. The second kappa shape index (κ2) is 47.9. The highest BCUT2D eigenvalue weighted by atomic mass is 16.7. The van der Waals surface area contributed by atoms with Gasteiger partial charge in [-0.1, -0.05) is 205 Å². The lowest BCUT2D eigenvalue weighted by Crippen LogP contribution is -2.65. The molecule has 0 aromatic rings. The number of amides is 1. The molecule has 0 saturated carbocycles. The Morgan fingerprint density at radius 2 is 0.885 bits per heavy atom. The average Bonchev–Trinajstić information content (AvgIpc) is 3.44. The first-order valence-corrected chi connectivity index (χ1v) is 29.4. The monoisotopic (exact) mass is 1090 g/mol. The Labute approximate surface area is 469 Å². The van der Waals surface area contributed by atoms with Gasteiger partial charge in [0.05, 0.1) is 32.0 Å². The SMILES string of the molecule is CC/C=C\C/C=C\C/C=C\C/C=C\C/C=C\C/C=C\C/C=C\C/C=C\C/C=C\C/C=C\CCCCCCCCCCCCC(=O)NC(COC1OC(CO)C(OC2OC(CO)C(O)C(O)C2O)C(O)C1O)C(O)/C=C/CCC. The van der Waals surface area contributed by atoms with E-state index >= 15 is 0 Å². The minimum absolute atomic E-state index is 0.263. The van der Waals surface area contributed by atoms with Crippen LogP contribution in [0.1, 0.15) is 168 Å². The molecule has 0 radical (unpaired) electrons. The Balaban J connectivity index is 1.50. The second-order valence-corrected chi connectivity index (χ2v) is 20.0. The van der Waals surface area contributed by atoms with Crippen molar-refractivity contribution in [1.29, 1.82) is 0 Å². The summed E-state index contributed by atoms with van der Waals surface area (Å²) in [4.78, 5) is 13.0. The van der Waals surface area contributed by atoms with Gasteiger partial charge < -0.3 is 65.1 Å². The lowest BCUT2D eigenvalue weighted by Gasteiger charge is -2.46. The van der Waals surface area contributed by atoms with Crippen molar-refractivity contribution in [3.05, 3.63) is 134 Å². The molecule has 14 heteroatoms. The van der Waals surface area contributed by atoms with Gasteiger partial charge in [-0.3, -0.25) is 4.79 Å². The summed E-state index contributed by atoms with van der Waals surface area (Å²) in [5.74, 6) is -0.263. The van der Waals surface area contributed by atoms with Crippen LogP contribution in [0, 0.1) is 0 Å². The Kier molecular flexibility index (Phi) is 43.1. The van der Waals surface area contributed by atoms with E-state index in [0.717, 1.165) is 96.3 Å². The molecule has 2 aliphatic rings. The first kappa shape index (κ1) is 70.2. The molecule has 0 spiro atoms. The molecular weight excluding hydrogens is 991 g/mol. The number of rotatable bonds is 44. The fraction of sp³-hybridized carbons (Fsp3) is 0.641. The Morgan fingerprint density at radius 3 is 1.33 bits per heavy atom. The molecule has 1 amide bonds.